The van der Waals surface area contributed by atoms with E-state index in [1.807, 2.05) is 62.6 Å². The summed E-state index contributed by atoms with van der Waals surface area (Å²) in [5.41, 5.74) is 6.55. The molecule has 1 heterocycles. The number of nitrogens with zero attached hydrogens (tertiary/aromatic N) is 2. The summed E-state index contributed by atoms with van der Waals surface area (Å²) in [6.45, 7) is 4.92. The molecule has 3 aromatic rings. The van der Waals surface area contributed by atoms with Crippen LogP contribution in [0.25, 0.3) is 0 Å². The van der Waals surface area contributed by atoms with E-state index in [2.05, 4.69) is 58.5 Å². The van der Waals surface area contributed by atoms with Crippen molar-refractivity contribution in [3.05, 3.63) is 95.2 Å². The van der Waals surface area contributed by atoms with Gasteiger partial charge in [-0.2, -0.15) is 0 Å². The van der Waals surface area contributed by atoms with Crippen molar-refractivity contribution in [2.45, 2.75) is 39.2 Å². The molecular weight excluding hydrogens is 512 g/mol. The average Bonchev–Trinajstić information content (AvgIpc) is 3.07. The minimum atomic E-state index is -0.395. The first-order chi connectivity index (χ1) is 19.6. The number of rotatable bonds is 8. The van der Waals surface area contributed by atoms with Crippen LogP contribution in [0.2, 0.25) is 0 Å². The van der Waals surface area contributed by atoms with Crippen molar-refractivity contribution < 1.29 is 14.3 Å². The molecule has 7 heteroatoms. The minimum Gasteiger partial charge on any atom is -0.497 e. The summed E-state index contributed by atoms with van der Waals surface area (Å²) in [6.07, 6.45) is 1.95. The number of anilines is 3. The van der Waals surface area contributed by atoms with Crippen LogP contribution in [0.3, 0.4) is 0 Å². The number of carbonyl (C=O) groups is 2. The third-order valence-corrected chi connectivity index (χ3v) is 7.94. The average molecular weight is 553 g/mol. The fourth-order valence-electron chi connectivity index (χ4n) is 5.88. The molecule has 214 valence electrons. The van der Waals surface area contributed by atoms with E-state index in [1.165, 1.54) is 0 Å². The summed E-state index contributed by atoms with van der Waals surface area (Å²) < 4.78 is 5.25. The smallest absolute Gasteiger partial charge is 0.239 e. The topological polar surface area (TPSA) is 73.9 Å². The van der Waals surface area contributed by atoms with E-state index in [1.54, 1.807) is 7.11 Å². The van der Waals surface area contributed by atoms with Gasteiger partial charge in [-0.15, -0.1) is 0 Å². The van der Waals surface area contributed by atoms with Crippen molar-refractivity contribution in [1.29, 1.82) is 0 Å². The van der Waals surface area contributed by atoms with Gasteiger partial charge in [-0.1, -0.05) is 50.2 Å². The van der Waals surface area contributed by atoms with Crippen molar-refractivity contribution in [3.63, 3.8) is 0 Å². The van der Waals surface area contributed by atoms with Crippen LogP contribution in [0, 0.1) is 5.41 Å². The van der Waals surface area contributed by atoms with Gasteiger partial charge in [0.05, 0.1) is 31.1 Å². The van der Waals surface area contributed by atoms with Crippen LogP contribution < -0.4 is 25.2 Å². The van der Waals surface area contributed by atoms with Crippen LogP contribution >= 0.6 is 0 Å². The molecule has 7 nitrogen and oxygen atoms in total. The van der Waals surface area contributed by atoms with Crippen LogP contribution in [-0.4, -0.2) is 46.0 Å². The Balaban J connectivity index is 1.48. The third kappa shape index (κ3) is 6.24. The molecular formula is C34H40N4O3. The number of hydrogen-bond acceptors (Lipinski definition) is 6. The summed E-state index contributed by atoms with van der Waals surface area (Å²) in [7, 11) is 5.67. The van der Waals surface area contributed by atoms with Crippen molar-refractivity contribution in [2.75, 3.05) is 49.4 Å². The second-order valence-corrected chi connectivity index (χ2v) is 11.9. The number of ketones is 1. The Kier molecular flexibility index (Phi) is 8.06. The predicted molar refractivity (Wildman–Crippen MR) is 166 cm³/mol. The number of allylic oxidation sites excluding steroid dienone is 1. The maximum atomic E-state index is 13.9. The monoisotopic (exact) mass is 552 g/mol. The van der Waals surface area contributed by atoms with Gasteiger partial charge in [0.2, 0.25) is 5.91 Å². The predicted octanol–water partition coefficient (Wildman–Crippen LogP) is 5.74. The van der Waals surface area contributed by atoms with E-state index in [4.69, 9.17) is 4.74 Å². The highest BCUT2D eigenvalue weighted by molar-refractivity contribution is 6.02. The number of para-hydroxylation sites is 2. The van der Waals surface area contributed by atoms with Gasteiger partial charge in [0, 0.05) is 44.0 Å². The standard InChI is InChI=1S/C34H40N4O3/c1-34(2)20-28-32(30(39)21-34)33(24-12-14-25(15-13-24)37(3)4)38(29-9-7-6-8-27(29)36-28)22-31(40)35-19-18-23-10-16-26(41-5)17-11-23/h6-17,33,36H,18-22H2,1-5H3,(H,35,40). The van der Waals surface area contributed by atoms with Gasteiger partial charge < -0.3 is 25.2 Å². The van der Waals surface area contributed by atoms with Crippen molar-refractivity contribution in [2.24, 2.45) is 5.41 Å². The minimum absolute atomic E-state index is 0.0872. The number of Topliss-reactive ketones (excluding diaryl/α,β-unsaturated/α-hetero) is 1. The number of nitrogens with one attached hydrogen (secondary N) is 2. The van der Waals surface area contributed by atoms with Crippen molar-refractivity contribution in [3.8, 4) is 5.75 Å². The molecule has 0 radical (unpaired) electrons. The Morgan fingerprint density at radius 3 is 2.41 bits per heavy atom. The van der Waals surface area contributed by atoms with Crippen LogP contribution in [0.1, 0.15) is 43.9 Å². The molecule has 1 aliphatic carbocycles. The van der Waals surface area contributed by atoms with Crippen LogP contribution in [0.5, 0.6) is 5.75 Å². The van der Waals surface area contributed by atoms with Gasteiger partial charge in [-0.25, -0.2) is 0 Å². The normalized spacial score (nSPS) is 17.6. The van der Waals surface area contributed by atoms with E-state index >= 15 is 0 Å². The SMILES string of the molecule is COc1ccc(CCNC(=O)CN2c3ccccc3NC3=C(C(=O)CC(C)(C)C3)C2c2ccc(N(C)C)cc2)cc1. The highest BCUT2D eigenvalue weighted by atomic mass is 16.5. The summed E-state index contributed by atoms with van der Waals surface area (Å²) in [6, 6.07) is 23.8. The molecule has 1 aliphatic heterocycles. The molecule has 0 saturated heterocycles. The Hall–Kier alpha value is -4.26. The summed E-state index contributed by atoms with van der Waals surface area (Å²) in [4.78, 5) is 31.5. The molecule has 0 spiro atoms. The number of benzene rings is 3. The highest BCUT2D eigenvalue weighted by Crippen LogP contribution is 2.48. The number of hydrogen-bond donors (Lipinski definition) is 2. The first kappa shape index (κ1) is 28.3. The molecule has 0 aromatic heterocycles. The number of amides is 1. The van der Waals surface area contributed by atoms with Crippen LogP contribution in [0.15, 0.2) is 84.1 Å². The summed E-state index contributed by atoms with van der Waals surface area (Å²) in [5.74, 6) is 0.851. The number of ether oxygens (including phenoxy) is 1. The second kappa shape index (κ2) is 11.7. The van der Waals surface area contributed by atoms with Crippen LogP contribution in [-0.2, 0) is 16.0 Å². The first-order valence-corrected chi connectivity index (χ1v) is 14.2. The lowest BCUT2D eigenvalue weighted by atomic mass is 9.73. The third-order valence-electron chi connectivity index (χ3n) is 7.94. The Morgan fingerprint density at radius 2 is 1.73 bits per heavy atom. The molecule has 1 unspecified atom stereocenters. The summed E-state index contributed by atoms with van der Waals surface area (Å²) >= 11 is 0. The van der Waals surface area contributed by atoms with Crippen molar-refractivity contribution >= 4 is 28.8 Å². The molecule has 2 N–H and O–H groups in total. The van der Waals surface area contributed by atoms with Crippen LogP contribution in [0.4, 0.5) is 17.1 Å². The number of methoxy groups -OCH3 is 1. The zero-order valence-corrected chi connectivity index (χ0v) is 24.7. The van der Waals surface area contributed by atoms with Gasteiger partial charge in [0.15, 0.2) is 5.78 Å². The van der Waals surface area contributed by atoms with E-state index in [0.29, 0.717) is 19.4 Å². The second-order valence-electron chi connectivity index (χ2n) is 11.9. The van der Waals surface area contributed by atoms with E-state index in [0.717, 1.165) is 51.6 Å². The lowest BCUT2D eigenvalue weighted by Gasteiger charge is -2.38. The van der Waals surface area contributed by atoms with E-state index < -0.39 is 6.04 Å². The number of fused-ring (bicyclic) bond motifs is 1. The molecule has 5 rings (SSSR count). The van der Waals surface area contributed by atoms with Gasteiger partial charge in [-0.3, -0.25) is 9.59 Å². The molecule has 0 fully saturated rings. The van der Waals surface area contributed by atoms with Gasteiger partial charge in [0.25, 0.3) is 0 Å². The lowest BCUT2D eigenvalue weighted by Crippen LogP contribution is -2.42. The van der Waals surface area contributed by atoms with Crippen molar-refractivity contribution in [1.82, 2.24) is 5.32 Å². The Labute approximate surface area is 243 Å². The summed E-state index contributed by atoms with van der Waals surface area (Å²) in [5, 5.41) is 6.73. The zero-order chi connectivity index (χ0) is 29.1. The molecule has 1 atom stereocenters. The first-order valence-electron chi connectivity index (χ1n) is 14.2. The lowest BCUT2D eigenvalue weighted by molar-refractivity contribution is -0.120. The molecule has 41 heavy (non-hydrogen) atoms. The molecule has 2 aliphatic rings. The molecule has 3 aromatic carbocycles. The largest absolute Gasteiger partial charge is 0.497 e. The van der Waals surface area contributed by atoms with E-state index in [-0.39, 0.29) is 23.7 Å². The quantitative estimate of drug-likeness (QED) is 0.372. The molecule has 1 amide bonds. The maximum Gasteiger partial charge on any atom is 0.239 e. The highest BCUT2D eigenvalue weighted by Gasteiger charge is 2.41. The van der Waals surface area contributed by atoms with Gasteiger partial charge in [-0.05, 0) is 65.8 Å². The molecule has 0 bridgehead atoms. The van der Waals surface area contributed by atoms with Gasteiger partial charge >= 0.3 is 0 Å². The fourth-order valence-corrected chi connectivity index (χ4v) is 5.88. The maximum absolute atomic E-state index is 13.9. The fraction of sp³-hybridized carbons (Fsp3) is 0.353. The Morgan fingerprint density at radius 1 is 1.02 bits per heavy atom. The number of carbonyl (C=O) groups excluding carboxylic acids is 2. The van der Waals surface area contributed by atoms with E-state index in [9.17, 15) is 9.59 Å². The zero-order valence-electron chi connectivity index (χ0n) is 24.7. The molecule has 0 saturated carbocycles. The van der Waals surface area contributed by atoms with Gasteiger partial charge in [0.1, 0.15) is 5.75 Å². The Bertz CT molecular complexity index is 1440.